The average molecular weight is 314 g/mol. The molecule has 0 bridgehead atoms. The molecular formula is C14H20BrNO2. The smallest absolute Gasteiger partial charge is 0.303 e. The van der Waals surface area contributed by atoms with Crippen molar-refractivity contribution in [2.75, 3.05) is 13.1 Å². The molecule has 0 saturated carbocycles. The number of rotatable bonds is 7. The van der Waals surface area contributed by atoms with E-state index < -0.39 is 5.97 Å². The second kappa shape index (κ2) is 6.90. The number of carbonyl (C=O) groups is 1. The Hall–Kier alpha value is -0.870. The molecule has 1 rings (SSSR count). The third-order valence-electron chi connectivity index (χ3n) is 2.71. The first-order chi connectivity index (χ1) is 8.39. The number of carboxylic acids is 1. The molecule has 4 heteroatoms. The van der Waals surface area contributed by atoms with E-state index in [1.54, 1.807) is 0 Å². The summed E-state index contributed by atoms with van der Waals surface area (Å²) in [6, 6.07) is 8.22. The Kier molecular flexibility index (Phi) is 5.82. The maximum Gasteiger partial charge on any atom is 0.303 e. The third kappa shape index (κ3) is 6.17. The molecule has 2 N–H and O–H groups in total. The van der Waals surface area contributed by atoms with Crippen LogP contribution in [0.3, 0.4) is 0 Å². The molecule has 3 nitrogen and oxygen atoms in total. The summed E-state index contributed by atoms with van der Waals surface area (Å²) < 4.78 is 1.09. The molecule has 0 aliphatic rings. The molecule has 100 valence electrons. The van der Waals surface area contributed by atoms with Crippen LogP contribution in [0.4, 0.5) is 0 Å². The standard InChI is InChI=1S/C14H20BrNO2/c1-14(2,9-13(17)18)10-16-7-6-11-4-3-5-12(15)8-11/h3-5,8,16H,6-7,9-10H2,1-2H3,(H,17,18). The first-order valence-corrected chi connectivity index (χ1v) is 6.85. The van der Waals surface area contributed by atoms with Crippen molar-refractivity contribution in [3.63, 3.8) is 0 Å². The van der Waals surface area contributed by atoms with E-state index in [4.69, 9.17) is 5.11 Å². The highest BCUT2D eigenvalue weighted by molar-refractivity contribution is 9.10. The molecule has 0 heterocycles. The van der Waals surface area contributed by atoms with Crippen LogP contribution in [0.5, 0.6) is 0 Å². The highest BCUT2D eigenvalue weighted by atomic mass is 79.9. The van der Waals surface area contributed by atoms with Gasteiger partial charge in [0.15, 0.2) is 0 Å². The van der Waals surface area contributed by atoms with Gasteiger partial charge in [-0.05, 0) is 36.1 Å². The molecule has 0 fully saturated rings. The van der Waals surface area contributed by atoms with Gasteiger partial charge in [-0.2, -0.15) is 0 Å². The second-order valence-corrected chi connectivity index (χ2v) is 6.21. The topological polar surface area (TPSA) is 49.3 Å². The number of hydrogen-bond donors (Lipinski definition) is 2. The summed E-state index contributed by atoms with van der Waals surface area (Å²) >= 11 is 3.44. The monoisotopic (exact) mass is 313 g/mol. The number of hydrogen-bond acceptors (Lipinski definition) is 2. The van der Waals surface area contributed by atoms with Crippen molar-refractivity contribution in [1.82, 2.24) is 5.32 Å². The SMILES string of the molecule is CC(C)(CNCCc1cccc(Br)c1)CC(=O)O. The Morgan fingerprint density at radius 3 is 2.78 bits per heavy atom. The van der Waals surface area contributed by atoms with Crippen LogP contribution >= 0.6 is 15.9 Å². The van der Waals surface area contributed by atoms with E-state index >= 15 is 0 Å². The molecule has 0 unspecified atom stereocenters. The van der Waals surface area contributed by atoms with Crippen LogP contribution in [0, 0.1) is 5.41 Å². The molecule has 0 aliphatic heterocycles. The maximum absolute atomic E-state index is 10.7. The Morgan fingerprint density at radius 2 is 2.17 bits per heavy atom. The van der Waals surface area contributed by atoms with Crippen molar-refractivity contribution < 1.29 is 9.90 Å². The summed E-state index contributed by atoms with van der Waals surface area (Å²) in [5.74, 6) is -0.742. The number of aliphatic carboxylic acids is 1. The minimum absolute atomic E-state index is 0.191. The molecule has 1 aromatic rings. The molecule has 0 atom stereocenters. The van der Waals surface area contributed by atoms with Gasteiger partial charge in [0.25, 0.3) is 0 Å². The van der Waals surface area contributed by atoms with E-state index in [-0.39, 0.29) is 11.8 Å². The summed E-state index contributed by atoms with van der Waals surface area (Å²) in [6.07, 6.45) is 1.14. The lowest BCUT2D eigenvalue weighted by Crippen LogP contribution is -2.32. The average Bonchev–Trinajstić information content (AvgIpc) is 2.23. The van der Waals surface area contributed by atoms with Crippen molar-refractivity contribution in [3.05, 3.63) is 34.3 Å². The van der Waals surface area contributed by atoms with E-state index in [9.17, 15) is 4.79 Å². The molecule has 18 heavy (non-hydrogen) atoms. The normalized spacial score (nSPS) is 11.5. The Morgan fingerprint density at radius 1 is 1.44 bits per heavy atom. The summed E-state index contributed by atoms with van der Waals surface area (Å²) in [5.41, 5.74) is 1.07. The zero-order valence-electron chi connectivity index (χ0n) is 10.9. The zero-order chi connectivity index (χ0) is 13.6. The van der Waals surface area contributed by atoms with Gasteiger partial charge >= 0.3 is 5.97 Å². The fourth-order valence-electron chi connectivity index (χ4n) is 1.82. The minimum atomic E-state index is -0.742. The zero-order valence-corrected chi connectivity index (χ0v) is 12.5. The number of nitrogens with one attached hydrogen (secondary N) is 1. The van der Waals surface area contributed by atoms with Gasteiger partial charge in [-0.3, -0.25) is 4.79 Å². The van der Waals surface area contributed by atoms with Crippen LogP contribution in [-0.4, -0.2) is 24.2 Å². The molecule has 0 amide bonds. The molecule has 0 spiro atoms. The lowest BCUT2D eigenvalue weighted by molar-refractivity contribution is -0.139. The van der Waals surface area contributed by atoms with Crippen molar-refractivity contribution in [2.24, 2.45) is 5.41 Å². The highest BCUT2D eigenvalue weighted by Crippen LogP contribution is 2.18. The van der Waals surface area contributed by atoms with Crippen molar-refractivity contribution >= 4 is 21.9 Å². The molecule has 1 aromatic carbocycles. The van der Waals surface area contributed by atoms with Crippen LogP contribution in [0.25, 0.3) is 0 Å². The summed E-state index contributed by atoms with van der Waals surface area (Å²) in [6.45, 7) is 5.51. The molecular weight excluding hydrogens is 294 g/mol. The van der Waals surface area contributed by atoms with Gasteiger partial charge in [0, 0.05) is 11.0 Å². The van der Waals surface area contributed by atoms with Crippen molar-refractivity contribution in [1.29, 1.82) is 0 Å². The molecule has 0 aliphatic carbocycles. The van der Waals surface area contributed by atoms with Crippen LogP contribution in [0.15, 0.2) is 28.7 Å². The van der Waals surface area contributed by atoms with Crippen LogP contribution in [0.1, 0.15) is 25.8 Å². The van der Waals surface area contributed by atoms with E-state index in [1.165, 1.54) is 5.56 Å². The van der Waals surface area contributed by atoms with Gasteiger partial charge in [-0.15, -0.1) is 0 Å². The first kappa shape index (κ1) is 15.2. The van der Waals surface area contributed by atoms with Crippen LogP contribution in [-0.2, 0) is 11.2 Å². The van der Waals surface area contributed by atoms with E-state index in [1.807, 2.05) is 26.0 Å². The third-order valence-corrected chi connectivity index (χ3v) is 3.21. The van der Waals surface area contributed by atoms with Crippen molar-refractivity contribution in [2.45, 2.75) is 26.7 Å². The fraction of sp³-hybridized carbons (Fsp3) is 0.500. The predicted molar refractivity (Wildman–Crippen MR) is 76.7 cm³/mol. The lowest BCUT2D eigenvalue weighted by atomic mass is 9.89. The van der Waals surface area contributed by atoms with E-state index in [0.29, 0.717) is 6.54 Å². The Balaban J connectivity index is 2.28. The second-order valence-electron chi connectivity index (χ2n) is 5.29. The van der Waals surface area contributed by atoms with Crippen LogP contribution in [0.2, 0.25) is 0 Å². The predicted octanol–water partition coefficient (Wildman–Crippen LogP) is 3.08. The van der Waals surface area contributed by atoms with Gasteiger partial charge in [0.2, 0.25) is 0 Å². The largest absolute Gasteiger partial charge is 0.481 e. The molecule has 0 radical (unpaired) electrons. The quantitative estimate of drug-likeness (QED) is 0.761. The number of benzene rings is 1. The lowest BCUT2D eigenvalue weighted by Gasteiger charge is -2.22. The van der Waals surface area contributed by atoms with E-state index in [0.717, 1.165) is 17.4 Å². The van der Waals surface area contributed by atoms with Gasteiger partial charge in [-0.25, -0.2) is 0 Å². The fourth-order valence-corrected chi connectivity index (χ4v) is 2.27. The number of carboxylic acid groups (broad SMARTS) is 1. The minimum Gasteiger partial charge on any atom is -0.481 e. The summed E-state index contributed by atoms with van der Waals surface area (Å²) in [7, 11) is 0. The van der Waals surface area contributed by atoms with Crippen LogP contribution < -0.4 is 5.32 Å². The van der Waals surface area contributed by atoms with Gasteiger partial charge in [0.1, 0.15) is 0 Å². The summed E-state index contributed by atoms with van der Waals surface area (Å²) in [4.78, 5) is 10.7. The van der Waals surface area contributed by atoms with Gasteiger partial charge in [-0.1, -0.05) is 41.9 Å². The van der Waals surface area contributed by atoms with Gasteiger partial charge in [0.05, 0.1) is 6.42 Å². The highest BCUT2D eigenvalue weighted by Gasteiger charge is 2.20. The Labute approximate surface area is 117 Å². The summed E-state index contributed by atoms with van der Waals surface area (Å²) in [5, 5.41) is 12.1. The maximum atomic E-state index is 10.7. The Bertz CT molecular complexity index is 405. The van der Waals surface area contributed by atoms with Crippen molar-refractivity contribution in [3.8, 4) is 0 Å². The van der Waals surface area contributed by atoms with E-state index in [2.05, 4.69) is 33.4 Å². The first-order valence-electron chi connectivity index (χ1n) is 6.06. The molecule has 0 aromatic heterocycles. The molecule has 0 saturated heterocycles. The number of halogens is 1. The van der Waals surface area contributed by atoms with Gasteiger partial charge < -0.3 is 10.4 Å².